The van der Waals surface area contributed by atoms with Gasteiger partial charge in [0.1, 0.15) is 0 Å². The van der Waals surface area contributed by atoms with E-state index in [-0.39, 0.29) is 11.6 Å². The molecule has 0 aromatic carbocycles. The molecule has 1 aliphatic carbocycles. The fraction of sp³-hybridized carbons (Fsp3) is 0.583. The Labute approximate surface area is 108 Å². The maximum Gasteiger partial charge on any atom is 0.416 e. The van der Waals surface area contributed by atoms with E-state index in [9.17, 15) is 18.4 Å². The first-order valence-electron chi connectivity index (χ1n) is 5.90. The predicted octanol–water partition coefficient (Wildman–Crippen LogP) is 4.04. The third-order valence-corrected chi connectivity index (χ3v) is 3.62. The highest BCUT2D eigenvalue weighted by Crippen LogP contribution is 2.35. The van der Waals surface area contributed by atoms with Crippen LogP contribution in [-0.4, -0.2) is 0 Å². The number of alkyl halides is 3. The van der Waals surface area contributed by atoms with Crippen molar-refractivity contribution in [2.75, 3.05) is 0 Å². The number of aromatic nitrogens is 1. The summed E-state index contributed by atoms with van der Waals surface area (Å²) in [7, 11) is 0. The Balaban J connectivity index is 2.42. The molecule has 0 amide bonds. The zero-order valence-corrected chi connectivity index (χ0v) is 10.4. The van der Waals surface area contributed by atoms with Gasteiger partial charge in [-0.25, -0.2) is 0 Å². The van der Waals surface area contributed by atoms with Crippen molar-refractivity contribution in [3.8, 4) is 0 Å². The van der Waals surface area contributed by atoms with Crippen molar-refractivity contribution in [2.45, 2.75) is 44.2 Å². The minimum absolute atomic E-state index is 0.115. The van der Waals surface area contributed by atoms with Crippen molar-refractivity contribution < 1.29 is 17.9 Å². The molecular formula is C12H13ClF3NO. The highest BCUT2D eigenvalue weighted by Gasteiger charge is 2.35. The molecule has 1 saturated carbocycles. The van der Waals surface area contributed by atoms with Crippen molar-refractivity contribution >= 4 is 11.6 Å². The summed E-state index contributed by atoms with van der Waals surface area (Å²) in [5.41, 5.74) is -0.699. The van der Waals surface area contributed by atoms with E-state index < -0.39 is 16.9 Å². The molecule has 0 saturated heterocycles. The SMILES string of the molecule is [O-][n+]1c(Cl)cc(C(F)(F)F)cc1C1CCCCC1. The van der Waals surface area contributed by atoms with Crippen LogP contribution in [0.4, 0.5) is 13.2 Å². The second-order valence-corrected chi connectivity index (χ2v) is 5.01. The van der Waals surface area contributed by atoms with Gasteiger partial charge in [0.15, 0.2) is 5.69 Å². The number of rotatable bonds is 1. The summed E-state index contributed by atoms with van der Waals surface area (Å²) >= 11 is 5.59. The third kappa shape index (κ3) is 2.71. The maximum absolute atomic E-state index is 12.7. The molecule has 18 heavy (non-hydrogen) atoms. The minimum atomic E-state index is -4.47. The Hall–Kier alpha value is -0.970. The van der Waals surface area contributed by atoms with Crippen LogP contribution in [-0.2, 0) is 6.18 Å². The highest BCUT2D eigenvalue weighted by molar-refractivity contribution is 6.28. The topological polar surface area (TPSA) is 26.9 Å². The van der Waals surface area contributed by atoms with Crippen molar-refractivity contribution in [1.82, 2.24) is 0 Å². The molecular weight excluding hydrogens is 267 g/mol. The largest absolute Gasteiger partial charge is 0.617 e. The van der Waals surface area contributed by atoms with E-state index in [1.54, 1.807) is 0 Å². The fourth-order valence-electron chi connectivity index (χ4n) is 2.42. The smallest absolute Gasteiger partial charge is 0.416 e. The number of hydrogen-bond donors (Lipinski definition) is 0. The Bertz CT molecular complexity index is 442. The Morgan fingerprint density at radius 3 is 2.33 bits per heavy atom. The molecule has 100 valence electrons. The molecule has 6 heteroatoms. The number of nitrogens with zero attached hydrogens (tertiary/aromatic N) is 1. The Kier molecular flexibility index (Phi) is 3.71. The van der Waals surface area contributed by atoms with Crippen molar-refractivity contribution in [1.29, 1.82) is 0 Å². The maximum atomic E-state index is 12.7. The van der Waals surface area contributed by atoms with E-state index >= 15 is 0 Å². The summed E-state index contributed by atoms with van der Waals surface area (Å²) in [5, 5.41) is 11.4. The summed E-state index contributed by atoms with van der Waals surface area (Å²) in [4.78, 5) is 0. The zero-order chi connectivity index (χ0) is 13.3. The minimum Gasteiger partial charge on any atom is -0.617 e. The molecule has 0 N–H and O–H groups in total. The third-order valence-electron chi connectivity index (χ3n) is 3.36. The van der Waals surface area contributed by atoms with Gasteiger partial charge in [0.2, 0.25) is 0 Å². The van der Waals surface area contributed by atoms with E-state index in [0.29, 0.717) is 10.8 Å². The molecule has 0 atom stereocenters. The van der Waals surface area contributed by atoms with Crippen LogP contribution in [0.3, 0.4) is 0 Å². The van der Waals surface area contributed by atoms with Gasteiger partial charge in [-0.15, -0.1) is 0 Å². The first-order chi connectivity index (χ1) is 8.39. The predicted molar refractivity (Wildman–Crippen MR) is 61.2 cm³/mol. The van der Waals surface area contributed by atoms with E-state index in [1.807, 2.05) is 0 Å². The van der Waals surface area contributed by atoms with Gasteiger partial charge in [-0.05, 0) is 24.4 Å². The number of hydrogen-bond acceptors (Lipinski definition) is 1. The Morgan fingerprint density at radius 1 is 1.17 bits per heavy atom. The van der Waals surface area contributed by atoms with Crippen LogP contribution in [0.15, 0.2) is 12.1 Å². The van der Waals surface area contributed by atoms with E-state index in [2.05, 4.69) is 0 Å². The zero-order valence-electron chi connectivity index (χ0n) is 9.63. The lowest BCUT2D eigenvalue weighted by molar-refractivity contribution is -0.613. The first kappa shape index (κ1) is 13.5. The van der Waals surface area contributed by atoms with Gasteiger partial charge in [0, 0.05) is 18.1 Å². The van der Waals surface area contributed by atoms with Gasteiger partial charge in [0.25, 0.3) is 5.15 Å². The average molecular weight is 280 g/mol. The van der Waals surface area contributed by atoms with Gasteiger partial charge < -0.3 is 5.21 Å². The average Bonchev–Trinajstić information content (AvgIpc) is 2.32. The summed E-state index contributed by atoms with van der Waals surface area (Å²) in [6, 6.07) is 1.62. The summed E-state index contributed by atoms with van der Waals surface area (Å²) in [6.45, 7) is 0. The van der Waals surface area contributed by atoms with Gasteiger partial charge in [0.05, 0.1) is 5.56 Å². The fourth-order valence-corrected chi connectivity index (χ4v) is 2.63. The lowest BCUT2D eigenvalue weighted by atomic mass is 9.86. The van der Waals surface area contributed by atoms with Crippen LogP contribution >= 0.6 is 11.6 Å². The second kappa shape index (κ2) is 4.96. The van der Waals surface area contributed by atoms with Crippen LogP contribution in [0.1, 0.15) is 49.3 Å². The molecule has 0 bridgehead atoms. The molecule has 0 aliphatic heterocycles. The van der Waals surface area contributed by atoms with Crippen LogP contribution in [0.5, 0.6) is 0 Å². The standard InChI is InChI=1S/C12H13ClF3NO/c13-11-7-9(12(14,15)16)6-10(17(11)18)8-4-2-1-3-5-8/h6-8H,1-5H2. The summed E-state index contributed by atoms with van der Waals surface area (Å²) < 4.78 is 38.5. The molecule has 2 rings (SSSR count). The van der Waals surface area contributed by atoms with Crippen molar-refractivity contribution in [2.24, 2.45) is 0 Å². The number of halogens is 4. The normalized spacial score (nSPS) is 18.0. The molecule has 1 aliphatic rings. The van der Waals surface area contributed by atoms with Crippen molar-refractivity contribution in [3.05, 3.63) is 33.8 Å². The van der Waals surface area contributed by atoms with E-state index in [4.69, 9.17) is 11.6 Å². The van der Waals surface area contributed by atoms with Gasteiger partial charge >= 0.3 is 6.18 Å². The monoisotopic (exact) mass is 279 g/mol. The van der Waals surface area contributed by atoms with Gasteiger partial charge in [-0.1, -0.05) is 19.3 Å². The molecule has 0 radical (unpaired) electrons. The quantitative estimate of drug-likeness (QED) is 0.433. The second-order valence-electron chi connectivity index (χ2n) is 4.62. The van der Waals surface area contributed by atoms with Crippen LogP contribution in [0, 0.1) is 5.21 Å². The molecule has 2 nitrogen and oxygen atoms in total. The molecule has 0 spiro atoms. The summed E-state index contributed by atoms with van der Waals surface area (Å²) in [6.07, 6.45) is -0.0137. The van der Waals surface area contributed by atoms with Crippen LogP contribution < -0.4 is 4.73 Å². The molecule has 1 aromatic rings. The van der Waals surface area contributed by atoms with Gasteiger partial charge in [-0.3, -0.25) is 0 Å². The first-order valence-corrected chi connectivity index (χ1v) is 6.27. The highest BCUT2D eigenvalue weighted by atomic mass is 35.5. The van der Waals surface area contributed by atoms with Crippen molar-refractivity contribution in [3.63, 3.8) is 0 Å². The van der Waals surface area contributed by atoms with Crippen LogP contribution in [0.25, 0.3) is 0 Å². The lowest BCUT2D eigenvalue weighted by Gasteiger charge is -2.21. The summed E-state index contributed by atoms with van der Waals surface area (Å²) in [5.74, 6) is -0.115. The van der Waals surface area contributed by atoms with Gasteiger partial charge in [-0.2, -0.15) is 17.9 Å². The van der Waals surface area contributed by atoms with E-state index in [1.165, 1.54) is 0 Å². The van der Waals surface area contributed by atoms with Crippen LogP contribution in [0.2, 0.25) is 5.15 Å². The lowest BCUT2D eigenvalue weighted by Crippen LogP contribution is -2.36. The number of pyridine rings is 1. The molecule has 1 heterocycles. The van der Waals surface area contributed by atoms with E-state index in [0.717, 1.165) is 38.2 Å². The molecule has 0 unspecified atom stereocenters. The Morgan fingerprint density at radius 2 is 1.78 bits per heavy atom. The molecule has 1 aromatic heterocycles. The molecule has 1 fully saturated rings.